The first-order valence-electron chi connectivity index (χ1n) is 6.15. The van der Waals surface area contributed by atoms with E-state index in [1.54, 1.807) is 5.48 Å². The summed E-state index contributed by atoms with van der Waals surface area (Å²) in [6, 6.07) is 0. The van der Waals surface area contributed by atoms with Gasteiger partial charge in [-0.2, -0.15) is 0 Å². The van der Waals surface area contributed by atoms with Crippen molar-refractivity contribution in [1.29, 1.82) is 0 Å². The Kier molecular flexibility index (Phi) is 3.22. The van der Waals surface area contributed by atoms with Crippen LogP contribution in [0.25, 0.3) is 0 Å². The van der Waals surface area contributed by atoms with Crippen LogP contribution in [0.5, 0.6) is 0 Å². The minimum Gasteiger partial charge on any atom is -0.375 e. The smallest absolute Gasteiger partial charge is 0.243 e. The number of hydrogen-bond acceptors (Lipinski definition) is 3. The molecule has 4 heteroatoms. The van der Waals surface area contributed by atoms with Crippen molar-refractivity contribution in [2.24, 2.45) is 5.41 Å². The Bertz CT molecular complexity index is 261. The molecule has 0 aromatic rings. The van der Waals surface area contributed by atoms with Crippen molar-refractivity contribution in [3.8, 4) is 0 Å². The second kappa shape index (κ2) is 4.34. The topological polar surface area (TPSA) is 58.6 Å². The monoisotopic (exact) mass is 227 g/mol. The maximum Gasteiger partial charge on any atom is 0.243 e. The summed E-state index contributed by atoms with van der Waals surface area (Å²) in [6.07, 6.45) is 6.91. The highest BCUT2D eigenvalue weighted by molar-refractivity contribution is 5.75. The van der Waals surface area contributed by atoms with Gasteiger partial charge in [0.25, 0.3) is 0 Å². The Labute approximate surface area is 96.3 Å². The first kappa shape index (κ1) is 11.9. The molecule has 0 aromatic heterocycles. The van der Waals surface area contributed by atoms with Gasteiger partial charge >= 0.3 is 0 Å². The van der Waals surface area contributed by atoms with E-state index in [1.165, 1.54) is 12.8 Å². The number of rotatable bonds is 2. The van der Waals surface area contributed by atoms with Crippen LogP contribution >= 0.6 is 0 Å². The third-order valence-electron chi connectivity index (χ3n) is 4.27. The Morgan fingerprint density at radius 1 is 1.31 bits per heavy atom. The predicted molar refractivity (Wildman–Crippen MR) is 59.0 cm³/mol. The second-order valence-electron chi connectivity index (χ2n) is 5.66. The molecule has 2 fully saturated rings. The zero-order valence-electron chi connectivity index (χ0n) is 9.92. The third-order valence-corrected chi connectivity index (χ3v) is 4.27. The van der Waals surface area contributed by atoms with E-state index in [4.69, 9.17) is 9.94 Å². The SMILES string of the molecule is CC1(CC(=O)NO)CCC2(CCCO2)CC1. The van der Waals surface area contributed by atoms with Crippen molar-refractivity contribution >= 4 is 5.91 Å². The largest absolute Gasteiger partial charge is 0.375 e. The van der Waals surface area contributed by atoms with Crippen molar-refractivity contribution in [3.63, 3.8) is 0 Å². The average molecular weight is 227 g/mol. The van der Waals surface area contributed by atoms with Gasteiger partial charge in [0.05, 0.1) is 5.60 Å². The molecule has 2 rings (SSSR count). The first-order chi connectivity index (χ1) is 7.58. The fourth-order valence-corrected chi connectivity index (χ4v) is 3.06. The van der Waals surface area contributed by atoms with Crippen LogP contribution in [0.4, 0.5) is 0 Å². The first-order valence-corrected chi connectivity index (χ1v) is 6.15. The molecule has 0 bridgehead atoms. The highest BCUT2D eigenvalue weighted by Crippen LogP contribution is 2.47. The van der Waals surface area contributed by atoms with Gasteiger partial charge in [-0.15, -0.1) is 0 Å². The van der Waals surface area contributed by atoms with Gasteiger partial charge in [-0.25, -0.2) is 5.48 Å². The van der Waals surface area contributed by atoms with Gasteiger partial charge in [-0.05, 0) is 43.9 Å². The fourth-order valence-electron chi connectivity index (χ4n) is 3.06. The molecule has 0 radical (unpaired) electrons. The molecule has 1 spiro atoms. The molecule has 1 amide bonds. The lowest BCUT2D eigenvalue weighted by Crippen LogP contribution is -2.39. The molecule has 92 valence electrons. The minimum atomic E-state index is -0.272. The zero-order chi connectivity index (χ0) is 11.6. The minimum absolute atomic E-state index is 0.0318. The average Bonchev–Trinajstić information content (AvgIpc) is 2.72. The van der Waals surface area contributed by atoms with Crippen LogP contribution in [0.15, 0.2) is 0 Å². The Balaban J connectivity index is 1.90. The molecule has 1 saturated heterocycles. The molecule has 16 heavy (non-hydrogen) atoms. The number of nitrogens with one attached hydrogen (secondary N) is 1. The summed E-state index contributed by atoms with van der Waals surface area (Å²) < 4.78 is 5.86. The highest BCUT2D eigenvalue weighted by Gasteiger charge is 2.43. The molecule has 0 unspecified atom stereocenters. The Morgan fingerprint density at radius 3 is 2.50 bits per heavy atom. The van der Waals surface area contributed by atoms with E-state index in [9.17, 15) is 4.79 Å². The summed E-state index contributed by atoms with van der Waals surface area (Å²) in [6.45, 7) is 3.03. The van der Waals surface area contributed by atoms with Gasteiger partial charge in [0.1, 0.15) is 0 Å². The van der Waals surface area contributed by atoms with Gasteiger partial charge < -0.3 is 4.74 Å². The van der Waals surface area contributed by atoms with E-state index in [-0.39, 0.29) is 16.9 Å². The van der Waals surface area contributed by atoms with Crippen LogP contribution in [0.1, 0.15) is 51.9 Å². The molecule has 1 aliphatic heterocycles. The summed E-state index contributed by atoms with van der Waals surface area (Å²) in [7, 11) is 0. The van der Waals surface area contributed by atoms with E-state index in [2.05, 4.69) is 6.92 Å². The summed E-state index contributed by atoms with van der Waals surface area (Å²) in [4.78, 5) is 11.2. The van der Waals surface area contributed by atoms with E-state index in [1.807, 2.05) is 0 Å². The van der Waals surface area contributed by atoms with Crippen molar-refractivity contribution in [2.45, 2.75) is 57.5 Å². The summed E-state index contributed by atoms with van der Waals surface area (Å²) in [5, 5.41) is 8.56. The van der Waals surface area contributed by atoms with Gasteiger partial charge in [0, 0.05) is 13.0 Å². The van der Waals surface area contributed by atoms with Gasteiger partial charge in [-0.3, -0.25) is 10.0 Å². The molecule has 1 aliphatic carbocycles. The number of ether oxygens (including phenoxy) is 1. The molecule has 1 heterocycles. The van der Waals surface area contributed by atoms with E-state index < -0.39 is 0 Å². The molecule has 0 aromatic carbocycles. The van der Waals surface area contributed by atoms with Gasteiger partial charge in [0.2, 0.25) is 5.91 Å². The highest BCUT2D eigenvalue weighted by atomic mass is 16.5. The van der Waals surface area contributed by atoms with Crippen LogP contribution in [-0.4, -0.2) is 23.3 Å². The van der Waals surface area contributed by atoms with Crippen LogP contribution in [0, 0.1) is 5.41 Å². The molecular weight excluding hydrogens is 206 g/mol. The summed E-state index contributed by atoms with van der Waals surface area (Å²) >= 11 is 0. The van der Waals surface area contributed by atoms with Gasteiger partial charge in [-0.1, -0.05) is 6.92 Å². The Hall–Kier alpha value is -0.610. The quantitative estimate of drug-likeness (QED) is 0.560. The van der Waals surface area contributed by atoms with Crippen LogP contribution in [-0.2, 0) is 9.53 Å². The van der Waals surface area contributed by atoms with Crippen molar-refractivity contribution < 1.29 is 14.7 Å². The van der Waals surface area contributed by atoms with Crippen molar-refractivity contribution in [3.05, 3.63) is 0 Å². The predicted octanol–water partition coefficient (Wildman–Crippen LogP) is 2.01. The lowest BCUT2D eigenvalue weighted by Gasteiger charge is -2.42. The number of hydrogen-bond donors (Lipinski definition) is 2. The molecule has 1 saturated carbocycles. The molecular formula is C12H21NO3. The summed E-state index contributed by atoms with van der Waals surface area (Å²) in [5.41, 5.74) is 1.88. The summed E-state index contributed by atoms with van der Waals surface area (Å²) in [5.74, 6) is -0.272. The maximum atomic E-state index is 11.2. The fraction of sp³-hybridized carbons (Fsp3) is 0.917. The van der Waals surface area contributed by atoms with E-state index in [0.717, 1.165) is 32.3 Å². The van der Waals surface area contributed by atoms with E-state index in [0.29, 0.717) is 6.42 Å². The number of hydroxylamine groups is 1. The lowest BCUT2D eigenvalue weighted by molar-refractivity contribution is -0.133. The second-order valence-corrected chi connectivity index (χ2v) is 5.66. The standard InChI is InChI=1S/C12H21NO3/c1-11(9-10(14)13-15)4-6-12(7-5-11)3-2-8-16-12/h15H,2-9H2,1H3,(H,13,14). The zero-order valence-corrected chi connectivity index (χ0v) is 9.92. The lowest BCUT2D eigenvalue weighted by atomic mass is 9.67. The van der Waals surface area contributed by atoms with Crippen LogP contribution in [0.2, 0.25) is 0 Å². The van der Waals surface area contributed by atoms with Crippen LogP contribution < -0.4 is 5.48 Å². The van der Waals surface area contributed by atoms with E-state index >= 15 is 0 Å². The molecule has 2 aliphatic rings. The maximum absolute atomic E-state index is 11.2. The molecule has 2 N–H and O–H groups in total. The molecule has 0 atom stereocenters. The third kappa shape index (κ3) is 2.38. The number of carbonyl (C=O) groups is 1. The normalized spacial score (nSPS) is 38.9. The van der Waals surface area contributed by atoms with Crippen molar-refractivity contribution in [2.75, 3.05) is 6.61 Å². The van der Waals surface area contributed by atoms with Gasteiger partial charge in [0.15, 0.2) is 0 Å². The number of carbonyl (C=O) groups excluding carboxylic acids is 1. The van der Waals surface area contributed by atoms with Crippen molar-refractivity contribution in [1.82, 2.24) is 5.48 Å². The van der Waals surface area contributed by atoms with Crippen LogP contribution in [0.3, 0.4) is 0 Å². The molecule has 4 nitrogen and oxygen atoms in total. The Morgan fingerprint density at radius 2 is 2.00 bits per heavy atom. The number of amides is 1.